The molecule has 1 N–H and O–H groups in total. The molecule has 0 saturated carbocycles. The van der Waals surface area contributed by atoms with E-state index in [0.29, 0.717) is 38.6 Å². The van der Waals surface area contributed by atoms with Gasteiger partial charge in [0.15, 0.2) is 11.5 Å². The molecule has 2 atom stereocenters. The molecule has 0 aliphatic carbocycles. The first kappa shape index (κ1) is 16.4. The van der Waals surface area contributed by atoms with Gasteiger partial charge < -0.3 is 24.3 Å². The van der Waals surface area contributed by atoms with E-state index in [1.165, 1.54) is 0 Å². The number of hydrogen-bond donors (Lipinski definition) is 1. The van der Waals surface area contributed by atoms with Crippen molar-refractivity contribution in [1.82, 2.24) is 5.32 Å². The Kier molecular flexibility index (Phi) is 5.64. The topological polar surface area (TPSA) is 66.0 Å². The summed E-state index contributed by atoms with van der Waals surface area (Å²) in [7, 11) is 1.64. The van der Waals surface area contributed by atoms with Crippen LogP contribution in [0, 0.1) is 0 Å². The molecule has 23 heavy (non-hydrogen) atoms. The van der Waals surface area contributed by atoms with Crippen LogP contribution in [-0.2, 0) is 14.3 Å². The summed E-state index contributed by atoms with van der Waals surface area (Å²) in [5.74, 6) is 2.28. The lowest BCUT2D eigenvalue weighted by Gasteiger charge is -2.19. The molecule has 6 nitrogen and oxygen atoms in total. The molecule has 2 aliphatic heterocycles. The quantitative estimate of drug-likeness (QED) is 0.792. The van der Waals surface area contributed by atoms with Crippen LogP contribution in [0.2, 0.25) is 0 Å². The summed E-state index contributed by atoms with van der Waals surface area (Å²) < 4.78 is 21.7. The molecule has 0 radical (unpaired) electrons. The van der Waals surface area contributed by atoms with Crippen molar-refractivity contribution in [2.45, 2.75) is 23.5 Å². The largest absolute Gasteiger partial charge is 0.486 e. The van der Waals surface area contributed by atoms with E-state index >= 15 is 0 Å². The third-order valence-corrected chi connectivity index (χ3v) is 4.78. The van der Waals surface area contributed by atoms with Crippen molar-refractivity contribution in [2.24, 2.45) is 0 Å². The number of thioether (sulfide) groups is 1. The van der Waals surface area contributed by atoms with Crippen molar-refractivity contribution in [3.05, 3.63) is 18.2 Å². The standard InChI is InChI=1S/C16H21NO5S/c1-19-15-10-20-9-12(15)17-16(18)4-7-23-11-2-3-13-14(8-11)22-6-5-21-13/h2-3,8,12,15H,4-7,9-10H2,1H3,(H,17,18)/t12-,15-/m1/s1. The highest BCUT2D eigenvalue weighted by molar-refractivity contribution is 7.99. The maximum atomic E-state index is 12.0. The van der Waals surface area contributed by atoms with E-state index < -0.39 is 0 Å². The summed E-state index contributed by atoms with van der Waals surface area (Å²) in [4.78, 5) is 13.1. The van der Waals surface area contributed by atoms with Crippen molar-refractivity contribution in [3.8, 4) is 11.5 Å². The van der Waals surface area contributed by atoms with Gasteiger partial charge in [-0.15, -0.1) is 11.8 Å². The van der Waals surface area contributed by atoms with E-state index in [1.54, 1.807) is 18.9 Å². The SMILES string of the molecule is CO[C@@H]1COC[C@H]1NC(=O)CCSc1ccc2c(c1)OCCO2. The Morgan fingerprint density at radius 1 is 1.30 bits per heavy atom. The van der Waals surface area contributed by atoms with Gasteiger partial charge in [0.25, 0.3) is 0 Å². The van der Waals surface area contributed by atoms with Crippen LogP contribution in [0.25, 0.3) is 0 Å². The number of carbonyl (C=O) groups is 1. The summed E-state index contributed by atoms with van der Waals surface area (Å²) in [6.45, 7) is 2.22. The monoisotopic (exact) mass is 339 g/mol. The number of ether oxygens (including phenoxy) is 4. The summed E-state index contributed by atoms with van der Waals surface area (Å²) in [6, 6.07) is 5.81. The molecule has 1 saturated heterocycles. The minimum Gasteiger partial charge on any atom is -0.486 e. The second-order valence-electron chi connectivity index (χ2n) is 5.39. The Labute approximate surface area is 139 Å². The molecule has 0 aromatic heterocycles. The fraction of sp³-hybridized carbons (Fsp3) is 0.562. The summed E-state index contributed by atoms with van der Waals surface area (Å²) in [5.41, 5.74) is 0. The van der Waals surface area contributed by atoms with Gasteiger partial charge in [0.05, 0.1) is 19.3 Å². The van der Waals surface area contributed by atoms with Gasteiger partial charge in [0.1, 0.15) is 19.3 Å². The van der Waals surface area contributed by atoms with Gasteiger partial charge >= 0.3 is 0 Å². The Bertz CT molecular complexity index is 553. The van der Waals surface area contributed by atoms with E-state index in [-0.39, 0.29) is 18.1 Å². The Hall–Kier alpha value is -1.44. The van der Waals surface area contributed by atoms with E-state index in [9.17, 15) is 4.79 Å². The van der Waals surface area contributed by atoms with Gasteiger partial charge in [-0.25, -0.2) is 0 Å². The second-order valence-corrected chi connectivity index (χ2v) is 6.56. The molecule has 126 valence electrons. The highest BCUT2D eigenvalue weighted by Crippen LogP contribution is 2.34. The minimum atomic E-state index is -0.0515. The zero-order chi connectivity index (χ0) is 16.1. The van der Waals surface area contributed by atoms with Gasteiger partial charge in [-0.1, -0.05) is 0 Å². The van der Waals surface area contributed by atoms with Crippen LogP contribution >= 0.6 is 11.8 Å². The molecule has 3 rings (SSSR count). The highest BCUT2D eigenvalue weighted by atomic mass is 32.2. The Balaban J connectivity index is 1.43. The normalized spacial score (nSPS) is 22.8. The molecular formula is C16H21NO5S. The van der Waals surface area contributed by atoms with Crippen molar-refractivity contribution in [3.63, 3.8) is 0 Å². The van der Waals surface area contributed by atoms with Gasteiger partial charge in [0.2, 0.25) is 5.91 Å². The molecule has 1 amide bonds. The number of benzene rings is 1. The van der Waals surface area contributed by atoms with Crippen LogP contribution in [0.15, 0.2) is 23.1 Å². The van der Waals surface area contributed by atoms with Gasteiger partial charge in [-0.3, -0.25) is 4.79 Å². The van der Waals surface area contributed by atoms with Crippen LogP contribution in [0.5, 0.6) is 11.5 Å². The molecule has 0 unspecified atom stereocenters. The summed E-state index contributed by atoms with van der Waals surface area (Å²) in [5, 5.41) is 2.97. The average molecular weight is 339 g/mol. The predicted molar refractivity (Wildman–Crippen MR) is 86.3 cm³/mol. The molecule has 1 aromatic carbocycles. The van der Waals surface area contributed by atoms with Crippen LogP contribution in [0.3, 0.4) is 0 Å². The number of amides is 1. The fourth-order valence-corrected chi connectivity index (χ4v) is 3.43. The molecule has 2 heterocycles. The molecule has 2 aliphatic rings. The first-order valence-corrected chi connectivity index (χ1v) is 8.67. The van der Waals surface area contributed by atoms with Crippen LogP contribution in [0.4, 0.5) is 0 Å². The number of nitrogens with one attached hydrogen (secondary N) is 1. The average Bonchev–Trinajstić information content (AvgIpc) is 3.02. The molecule has 7 heteroatoms. The number of methoxy groups -OCH3 is 1. The van der Waals surface area contributed by atoms with Gasteiger partial charge in [0, 0.05) is 24.2 Å². The highest BCUT2D eigenvalue weighted by Gasteiger charge is 2.29. The lowest BCUT2D eigenvalue weighted by molar-refractivity contribution is -0.122. The number of fused-ring (bicyclic) bond motifs is 1. The first-order valence-electron chi connectivity index (χ1n) is 7.68. The van der Waals surface area contributed by atoms with Gasteiger partial charge in [-0.2, -0.15) is 0 Å². The molecule has 1 aromatic rings. The zero-order valence-corrected chi connectivity index (χ0v) is 13.9. The maximum absolute atomic E-state index is 12.0. The lowest BCUT2D eigenvalue weighted by Crippen LogP contribution is -2.43. The van der Waals surface area contributed by atoms with Crippen LogP contribution in [-0.4, -0.2) is 57.3 Å². The summed E-state index contributed by atoms with van der Waals surface area (Å²) in [6.07, 6.45) is 0.399. The Morgan fingerprint density at radius 3 is 2.96 bits per heavy atom. The molecule has 0 bridgehead atoms. The van der Waals surface area contributed by atoms with Crippen molar-refractivity contribution in [2.75, 3.05) is 39.3 Å². The van der Waals surface area contributed by atoms with E-state index in [2.05, 4.69) is 5.32 Å². The lowest BCUT2D eigenvalue weighted by atomic mass is 10.2. The summed E-state index contributed by atoms with van der Waals surface area (Å²) >= 11 is 1.63. The maximum Gasteiger partial charge on any atom is 0.221 e. The smallest absolute Gasteiger partial charge is 0.221 e. The first-order chi connectivity index (χ1) is 11.3. The van der Waals surface area contributed by atoms with Crippen molar-refractivity contribution >= 4 is 17.7 Å². The van der Waals surface area contributed by atoms with E-state index in [0.717, 1.165) is 16.4 Å². The molecule has 0 spiro atoms. The number of rotatable bonds is 6. The second kappa shape index (κ2) is 7.90. The Morgan fingerprint density at radius 2 is 2.13 bits per heavy atom. The number of carbonyl (C=O) groups excluding carboxylic acids is 1. The third kappa shape index (κ3) is 4.31. The number of hydrogen-bond acceptors (Lipinski definition) is 6. The van der Waals surface area contributed by atoms with Crippen molar-refractivity contribution in [1.29, 1.82) is 0 Å². The third-order valence-electron chi connectivity index (χ3n) is 3.79. The van der Waals surface area contributed by atoms with Crippen molar-refractivity contribution < 1.29 is 23.7 Å². The minimum absolute atomic E-state index is 0.0209. The zero-order valence-electron chi connectivity index (χ0n) is 13.1. The molecular weight excluding hydrogens is 318 g/mol. The van der Waals surface area contributed by atoms with E-state index in [1.807, 2.05) is 18.2 Å². The van der Waals surface area contributed by atoms with E-state index in [4.69, 9.17) is 18.9 Å². The fourth-order valence-electron chi connectivity index (χ4n) is 2.56. The van der Waals surface area contributed by atoms with Crippen LogP contribution < -0.4 is 14.8 Å². The van der Waals surface area contributed by atoms with Gasteiger partial charge in [-0.05, 0) is 18.2 Å². The van der Waals surface area contributed by atoms with Crippen LogP contribution in [0.1, 0.15) is 6.42 Å². The molecule has 1 fully saturated rings. The predicted octanol–water partition coefficient (Wildman–Crippen LogP) is 1.47.